The molecule has 0 aliphatic rings. The van der Waals surface area contributed by atoms with Crippen molar-refractivity contribution in [1.29, 1.82) is 0 Å². The maximum absolute atomic E-state index is 0. The summed E-state index contributed by atoms with van der Waals surface area (Å²) in [6, 6.07) is 0. The summed E-state index contributed by atoms with van der Waals surface area (Å²) in [5.74, 6) is 0. The van der Waals surface area contributed by atoms with E-state index in [2.05, 4.69) is 0 Å². The van der Waals surface area contributed by atoms with Crippen molar-refractivity contribution in [3.63, 3.8) is 0 Å². The van der Waals surface area contributed by atoms with E-state index in [0.29, 0.717) is 0 Å². The van der Waals surface area contributed by atoms with E-state index >= 15 is 0 Å². The Morgan fingerprint density at radius 3 is 0.333 bits per heavy atom. The van der Waals surface area contributed by atoms with Crippen LogP contribution in [0.5, 0.6) is 0 Å². The normalized spacial score (nSPS) is 0. The molecule has 0 bridgehead atoms. The average molecular weight is 294 g/mol. The zero-order valence-electron chi connectivity index (χ0n) is 3.64. The maximum atomic E-state index is 0. The van der Waals surface area contributed by atoms with Crippen molar-refractivity contribution in [2.75, 3.05) is 0 Å². The first kappa shape index (κ1) is 273. The third-order valence-corrected chi connectivity index (χ3v) is 0. The van der Waals surface area contributed by atoms with Gasteiger partial charge in [-0.05, 0) is 0 Å². The van der Waals surface area contributed by atoms with Crippen LogP contribution in [0.1, 0.15) is 0 Å². The fourth-order valence-corrected chi connectivity index (χ4v) is 0. The van der Waals surface area contributed by atoms with Crippen LogP contribution in [0.2, 0.25) is 0 Å². The predicted molar refractivity (Wildman–Crippen MR) is 3.43 cm³/mol. The van der Waals surface area contributed by atoms with Crippen LogP contribution in [0.15, 0.2) is 0 Å². The molecule has 0 rings (SSSR count). The van der Waals surface area contributed by atoms with E-state index in [1.807, 2.05) is 0 Å². The summed E-state index contributed by atoms with van der Waals surface area (Å²) >= 11 is 0. The molecular formula is Fe2O5V2. The van der Waals surface area contributed by atoms with E-state index < -0.39 is 0 Å². The fraction of sp³-hybridized carbons (Fsp3) is 0. The molecule has 0 unspecified atom stereocenters. The molecule has 0 aromatic carbocycles. The monoisotopic (exact) mass is 294 g/mol. The zero-order chi connectivity index (χ0) is 0. The van der Waals surface area contributed by atoms with Gasteiger partial charge in [0.1, 0.15) is 0 Å². The van der Waals surface area contributed by atoms with Gasteiger partial charge in [-0.2, -0.15) is 0 Å². The summed E-state index contributed by atoms with van der Waals surface area (Å²) in [6.45, 7) is 0. The van der Waals surface area contributed by atoms with Crippen molar-refractivity contribution in [3.05, 3.63) is 0 Å². The molecular weight excluding hydrogens is 294 g/mol. The molecule has 0 amide bonds. The Labute approximate surface area is 98.0 Å². The van der Waals surface area contributed by atoms with E-state index in [4.69, 9.17) is 0 Å². The van der Waals surface area contributed by atoms with Crippen molar-refractivity contribution in [1.82, 2.24) is 0 Å². The smallest absolute Gasteiger partial charge is 2.00 e. The van der Waals surface area contributed by atoms with Crippen LogP contribution in [0, 0.1) is 0 Å². The number of hydrogen-bond donors (Lipinski definition) is 0. The molecule has 0 saturated carbocycles. The van der Waals surface area contributed by atoms with Gasteiger partial charge in [0.15, 0.2) is 0 Å². The van der Waals surface area contributed by atoms with Gasteiger partial charge in [-0.25, -0.2) is 0 Å². The molecule has 0 saturated heterocycles. The van der Waals surface area contributed by atoms with Gasteiger partial charge in [-0.15, -0.1) is 0 Å². The molecule has 0 aromatic rings. The minimum Gasteiger partial charge on any atom is -2.00 e. The van der Waals surface area contributed by atoms with E-state index in [9.17, 15) is 0 Å². The van der Waals surface area contributed by atoms with E-state index in [-0.39, 0.29) is 98.6 Å². The Hall–Kier alpha value is 2.01. The molecule has 56 valence electrons. The van der Waals surface area contributed by atoms with Crippen LogP contribution in [0.3, 0.4) is 0 Å². The standard InChI is InChI=1S/2Fe.5O.2V/q;;5*-2;2*+5. The van der Waals surface area contributed by atoms with Gasteiger partial charge in [0.25, 0.3) is 0 Å². The largest absolute Gasteiger partial charge is 5.00 e. The molecule has 9 heavy (non-hydrogen) atoms. The van der Waals surface area contributed by atoms with Crippen molar-refractivity contribution in [2.24, 2.45) is 0 Å². The topological polar surface area (TPSA) is 142 Å². The van der Waals surface area contributed by atoms with Gasteiger partial charge in [0, 0.05) is 34.1 Å². The molecule has 5 nitrogen and oxygen atoms in total. The number of hydrogen-bond acceptors (Lipinski definition) is 0. The molecule has 0 spiro atoms. The maximum Gasteiger partial charge on any atom is 5.00 e. The summed E-state index contributed by atoms with van der Waals surface area (Å²) in [5, 5.41) is 0. The zero-order valence-corrected chi connectivity index (χ0v) is 8.64. The molecule has 9 heteroatoms. The van der Waals surface area contributed by atoms with Gasteiger partial charge >= 0.3 is 37.1 Å². The summed E-state index contributed by atoms with van der Waals surface area (Å²) in [7, 11) is 0. The minimum atomic E-state index is 0. The quantitative estimate of drug-likeness (QED) is 0.525. The molecule has 0 aliphatic carbocycles. The molecule has 0 atom stereocenters. The summed E-state index contributed by atoms with van der Waals surface area (Å²) in [5.41, 5.74) is 0. The van der Waals surface area contributed by atoms with E-state index in [0.717, 1.165) is 0 Å². The Morgan fingerprint density at radius 1 is 0.333 bits per heavy atom. The Morgan fingerprint density at radius 2 is 0.333 bits per heavy atom. The molecule has 0 N–H and O–H groups in total. The third-order valence-electron chi connectivity index (χ3n) is 0. The summed E-state index contributed by atoms with van der Waals surface area (Å²) < 4.78 is 0. The van der Waals surface area contributed by atoms with Crippen LogP contribution in [-0.2, 0) is 98.6 Å². The second kappa shape index (κ2) is 201. The first-order chi connectivity index (χ1) is 0. The summed E-state index contributed by atoms with van der Waals surface area (Å²) in [6.07, 6.45) is 0. The van der Waals surface area contributed by atoms with Gasteiger partial charge < -0.3 is 27.4 Å². The number of rotatable bonds is 0. The molecule has 0 aliphatic heterocycles. The van der Waals surface area contributed by atoms with Crippen molar-refractivity contribution in [3.8, 4) is 0 Å². The Balaban J connectivity index is 0. The van der Waals surface area contributed by atoms with Crippen LogP contribution in [0.4, 0.5) is 0 Å². The van der Waals surface area contributed by atoms with E-state index in [1.165, 1.54) is 0 Å². The molecule has 0 radical (unpaired) electrons. The first-order valence-corrected chi connectivity index (χ1v) is 0. The summed E-state index contributed by atoms with van der Waals surface area (Å²) in [4.78, 5) is 0. The van der Waals surface area contributed by atoms with Crippen LogP contribution in [0.25, 0.3) is 0 Å². The van der Waals surface area contributed by atoms with Gasteiger partial charge in [-0.3, -0.25) is 0 Å². The molecule has 0 aromatic heterocycles. The first-order valence-electron chi connectivity index (χ1n) is 0. The second-order valence-electron chi connectivity index (χ2n) is 0. The predicted octanol–water partition coefficient (Wildman–Crippen LogP) is -0.604. The van der Waals surface area contributed by atoms with Crippen LogP contribution >= 0.6 is 0 Å². The van der Waals surface area contributed by atoms with Gasteiger partial charge in [0.05, 0.1) is 0 Å². The molecule has 0 fully saturated rings. The average Bonchev–Trinajstić information content (AvgIpc) is 0. The SMILES string of the molecule is [Fe].[Fe].[O-2].[O-2].[O-2].[O-2].[O-2].[V+5].[V+5]. The van der Waals surface area contributed by atoms with Crippen molar-refractivity contribution < 1.29 is 98.6 Å². The Kier molecular flexibility index (Phi) is 6120. The van der Waals surface area contributed by atoms with Crippen molar-refractivity contribution in [2.45, 2.75) is 0 Å². The van der Waals surface area contributed by atoms with Gasteiger partial charge in [-0.1, -0.05) is 0 Å². The van der Waals surface area contributed by atoms with Crippen molar-refractivity contribution >= 4 is 0 Å². The Bertz CT molecular complexity index is 12.9. The van der Waals surface area contributed by atoms with E-state index in [1.54, 1.807) is 0 Å². The van der Waals surface area contributed by atoms with Gasteiger partial charge in [0.2, 0.25) is 0 Å². The fourth-order valence-electron chi connectivity index (χ4n) is 0. The third kappa shape index (κ3) is 159. The van der Waals surface area contributed by atoms with Crippen LogP contribution in [-0.4, -0.2) is 0 Å². The minimum absolute atomic E-state index is 0. The van der Waals surface area contributed by atoms with Crippen LogP contribution < -0.4 is 0 Å². The molecule has 0 heterocycles. The second-order valence-corrected chi connectivity index (χ2v) is 0.